The summed E-state index contributed by atoms with van der Waals surface area (Å²) in [6.45, 7) is 4.22. The van der Waals surface area contributed by atoms with Crippen LogP contribution in [0, 0.1) is 6.92 Å². The van der Waals surface area contributed by atoms with Gasteiger partial charge in [-0.25, -0.2) is 4.79 Å². The van der Waals surface area contributed by atoms with Gasteiger partial charge in [0.15, 0.2) is 0 Å². The van der Waals surface area contributed by atoms with Crippen LogP contribution in [0.25, 0.3) is 0 Å². The number of urea groups is 1. The van der Waals surface area contributed by atoms with Gasteiger partial charge in [-0.05, 0) is 41.5 Å². The summed E-state index contributed by atoms with van der Waals surface area (Å²) in [5, 5.41) is 5.09. The number of carbonyl (C=O) groups is 1. The van der Waals surface area contributed by atoms with Gasteiger partial charge in [0, 0.05) is 18.0 Å². The van der Waals surface area contributed by atoms with E-state index < -0.39 is 0 Å². The van der Waals surface area contributed by atoms with E-state index in [1.807, 2.05) is 11.0 Å². The minimum Gasteiger partial charge on any atom is -0.333 e. The minimum absolute atomic E-state index is 0.0345. The number of nitrogens with zero attached hydrogens (tertiary/aromatic N) is 1. The highest BCUT2D eigenvalue weighted by atomic mass is 32.1. The Morgan fingerprint density at radius 2 is 2.10 bits per heavy atom. The molecule has 1 aliphatic heterocycles. The Bertz CT molecular complexity index is 620. The maximum atomic E-state index is 12.2. The second-order valence-electron chi connectivity index (χ2n) is 5.13. The topological polar surface area (TPSA) is 32.3 Å². The van der Waals surface area contributed by atoms with E-state index >= 15 is 0 Å². The van der Waals surface area contributed by atoms with E-state index in [4.69, 9.17) is 0 Å². The number of aryl methyl sites for hydroxylation is 1. The largest absolute Gasteiger partial charge is 0.333 e. The fourth-order valence-electron chi connectivity index (χ4n) is 2.52. The molecule has 4 heteroatoms. The standard InChI is InChI=1S/C16H18N2OS/c1-12-7-9-20-15(12)10-17-16(19)18-8-6-13-4-2-3-5-14(13)11-18/h2-5,7,9H,6,8,10-11H2,1H3,(H,17,19). The quantitative estimate of drug-likeness (QED) is 0.902. The van der Waals surface area contributed by atoms with Crippen molar-refractivity contribution in [3.63, 3.8) is 0 Å². The SMILES string of the molecule is Cc1ccsc1CNC(=O)N1CCc2ccccc2C1. The second kappa shape index (κ2) is 5.67. The maximum absolute atomic E-state index is 12.2. The van der Waals surface area contributed by atoms with Gasteiger partial charge in [0.2, 0.25) is 0 Å². The number of thiophene rings is 1. The Morgan fingerprint density at radius 3 is 2.85 bits per heavy atom. The number of carbonyl (C=O) groups excluding carboxylic acids is 1. The first-order valence-electron chi connectivity index (χ1n) is 6.86. The van der Waals surface area contributed by atoms with E-state index in [0.717, 1.165) is 13.0 Å². The van der Waals surface area contributed by atoms with Crippen LogP contribution < -0.4 is 5.32 Å². The Labute approximate surface area is 123 Å². The van der Waals surface area contributed by atoms with Crippen LogP contribution in [0.15, 0.2) is 35.7 Å². The fourth-order valence-corrected chi connectivity index (χ4v) is 3.37. The molecule has 2 heterocycles. The first-order valence-corrected chi connectivity index (χ1v) is 7.74. The molecular weight excluding hydrogens is 268 g/mol. The van der Waals surface area contributed by atoms with Crippen LogP contribution in [0.4, 0.5) is 4.79 Å². The molecule has 1 aliphatic rings. The molecule has 0 fully saturated rings. The molecule has 1 aromatic heterocycles. The molecule has 0 bridgehead atoms. The number of hydrogen-bond acceptors (Lipinski definition) is 2. The van der Waals surface area contributed by atoms with Crippen molar-refractivity contribution in [3.05, 3.63) is 57.3 Å². The molecule has 0 aliphatic carbocycles. The summed E-state index contributed by atoms with van der Waals surface area (Å²) in [5.74, 6) is 0. The molecule has 0 saturated heterocycles. The molecule has 20 heavy (non-hydrogen) atoms. The summed E-state index contributed by atoms with van der Waals surface area (Å²) in [4.78, 5) is 15.4. The summed E-state index contributed by atoms with van der Waals surface area (Å²) in [6, 6.07) is 10.5. The number of rotatable bonds is 2. The summed E-state index contributed by atoms with van der Waals surface area (Å²) < 4.78 is 0. The summed E-state index contributed by atoms with van der Waals surface area (Å²) >= 11 is 1.69. The average Bonchev–Trinajstić information content (AvgIpc) is 2.89. The van der Waals surface area contributed by atoms with E-state index in [1.165, 1.54) is 21.6 Å². The smallest absolute Gasteiger partial charge is 0.318 e. The van der Waals surface area contributed by atoms with Gasteiger partial charge in [0.1, 0.15) is 0 Å². The van der Waals surface area contributed by atoms with Crippen LogP contribution in [0.1, 0.15) is 21.6 Å². The third-order valence-electron chi connectivity index (χ3n) is 3.79. The van der Waals surface area contributed by atoms with E-state index in [0.29, 0.717) is 13.1 Å². The molecule has 1 aromatic carbocycles. The Morgan fingerprint density at radius 1 is 1.30 bits per heavy atom. The Balaban J connectivity index is 1.60. The van der Waals surface area contributed by atoms with Crippen molar-refractivity contribution in [1.29, 1.82) is 0 Å². The monoisotopic (exact) mass is 286 g/mol. The first-order chi connectivity index (χ1) is 9.74. The zero-order valence-electron chi connectivity index (χ0n) is 11.6. The van der Waals surface area contributed by atoms with E-state index in [9.17, 15) is 4.79 Å². The highest BCUT2D eigenvalue weighted by molar-refractivity contribution is 7.10. The van der Waals surface area contributed by atoms with Gasteiger partial charge in [-0.15, -0.1) is 11.3 Å². The van der Waals surface area contributed by atoms with Crippen molar-refractivity contribution < 1.29 is 4.79 Å². The van der Waals surface area contributed by atoms with Gasteiger partial charge in [0.25, 0.3) is 0 Å². The van der Waals surface area contributed by atoms with Crippen LogP contribution in [-0.2, 0) is 19.5 Å². The first kappa shape index (κ1) is 13.2. The molecule has 3 rings (SSSR count). The van der Waals surface area contributed by atoms with Gasteiger partial charge >= 0.3 is 6.03 Å². The van der Waals surface area contributed by atoms with Crippen molar-refractivity contribution in [2.45, 2.75) is 26.4 Å². The predicted molar refractivity (Wildman–Crippen MR) is 81.8 cm³/mol. The highest BCUT2D eigenvalue weighted by Gasteiger charge is 2.20. The van der Waals surface area contributed by atoms with Crippen molar-refractivity contribution in [3.8, 4) is 0 Å². The van der Waals surface area contributed by atoms with E-state index in [-0.39, 0.29) is 6.03 Å². The molecule has 0 saturated carbocycles. The van der Waals surface area contributed by atoms with Gasteiger partial charge in [-0.2, -0.15) is 0 Å². The molecule has 0 radical (unpaired) electrons. The molecule has 1 N–H and O–H groups in total. The number of amides is 2. The normalized spacial score (nSPS) is 13.9. The van der Waals surface area contributed by atoms with Gasteiger partial charge in [-0.1, -0.05) is 24.3 Å². The van der Waals surface area contributed by atoms with Crippen LogP contribution in [0.2, 0.25) is 0 Å². The maximum Gasteiger partial charge on any atom is 0.318 e. The van der Waals surface area contributed by atoms with E-state index in [1.54, 1.807) is 11.3 Å². The highest BCUT2D eigenvalue weighted by Crippen LogP contribution is 2.19. The van der Waals surface area contributed by atoms with Gasteiger partial charge in [0.05, 0.1) is 6.54 Å². The lowest BCUT2D eigenvalue weighted by Crippen LogP contribution is -2.42. The van der Waals surface area contributed by atoms with Gasteiger partial charge in [-0.3, -0.25) is 0 Å². The van der Waals surface area contributed by atoms with Gasteiger partial charge < -0.3 is 10.2 Å². The third kappa shape index (κ3) is 2.70. The second-order valence-corrected chi connectivity index (χ2v) is 6.13. The van der Waals surface area contributed by atoms with Crippen LogP contribution in [-0.4, -0.2) is 17.5 Å². The molecule has 2 aromatic rings. The van der Waals surface area contributed by atoms with Crippen LogP contribution >= 0.6 is 11.3 Å². The Hall–Kier alpha value is -1.81. The fraction of sp³-hybridized carbons (Fsp3) is 0.312. The number of fused-ring (bicyclic) bond motifs is 1. The average molecular weight is 286 g/mol. The lowest BCUT2D eigenvalue weighted by Gasteiger charge is -2.28. The molecule has 0 atom stereocenters. The predicted octanol–water partition coefficient (Wildman–Crippen LogP) is 3.32. The zero-order valence-corrected chi connectivity index (χ0v) is 12.4. The molecule has 104 valence electrons. The van der Waals surface area contributed by atoms with Crippen LogP contribution in [0.3, 0.4) is 0 Å². The molecule has 0 spiro atoms. The summed E-state index contributed by atoms with van der Waals surface area (Å²) in [7, 11) is 0. The summed E-state index contributed by atoms with van der Waals surface area (Å²) in [5.41, 5.74) is 3.88. The third-order valence-corrected chi connectivity index (χ3v) is 4.81. The molecule has 2 amide bonds. The van der Waals surface area contributed by atoms with E-state index in [2.05, 4.69) is 41.9 Å². The molecule has 0 unspecified atom stereocenters. The lowest BCUT2D eigenvalue weighted by atomic mass is 10.0. The molecule has 3 nitrogen and oxygen atoms in total. The summed E-state index contributed by atoms with van der Waals surface area (Å²) in [6.07, 6.45) is 0.946. The number of hydrogen-bond donors (Lipinski definition) is 1. The molecular formula is C16H18N2OS. The minimum atomic E-state index is 0.0345. The Kier molecular flexibility index (Phi) is 3.74. The zero-order chi connectivity index (χ0) is 13.9. The van der Waals surface area contributed by atoms with Crippen molar-refractivity contribution in [2.24, 2.45) is 0 Å². The lowest BCUT2D eigenvalue weighted by molar-refractivity contribution is 0.192. The van der Waals surface area contributed by atoms with Crippen molar-refractivity contribution >= 4 is 17.4 Å². The van der Waals surface area contributed by atoms with Crippen molar-refractivity contribution in [2.75, 3.05) is 6.54 Å². The van der Waals surface area contributed by atoms with Crippen LogP contribution in [0.5, 0.6) is 0 Å². The van der Waals surface area contributed by atoms with Crippen molar-refractivity contribution in [1.82, 2.24) is 10.2 Å². The number of nitrogens with one attached hydrogen (secondary N) is 1. The number of benzene rings is 1.